The van der Waals surface area contributed by atoms with Gasteiger partial charge in [-0.15, -0.1) is 0 Å². The van der Waals surface area contributed by atoms with Crippen LogP contribution in [-0.4, -0.2) is 34.2 Å². The highest BCUT2D eigenvalue weighted by Gasteiger charge is 2.41. The van der Waals surface area contributed by atoms with Crippen molar-refractivity contribution in [3.05, 3.63) is 71.3 Å². The maximum Gasteiger partial charge on any atom is 0.246 e. The maximum atomic E-state index is 12.9. The van der Waals surface area contributed by atoms with Gasteiger partial charge in [-0.05, 0) is 16.7 Å². The second-order valence-corrected chi connectivity index (χ2v) is 6.19. The SMILES string of the molecule is O=C1[C@@H]2Cc3ccccc3CN2C(=O)CN1Cc1ccccc1. The smallest absolute Gasteiger partial charge is 0.246 e. The molecule has 2 aromatic rings. The molecule has 0 saturated carbocycles. The summed E-state index contributed by atoms with van der Waals surface area (Å²) in [5.41, 5.74) is 3.39. The fourth-order valence-electron chi connectivity index (χ4n) is 3.49. The van der Waals surface area contributed by atoms with Crippen molar-refractivity contribution in [2.75, 3.05) is 6.54 Å². The number of benzene rings is 2. The van der Waals surface area contributed by atoms with Crippen LogP contribution >= 0.6 is 0 Å². The topological polar surface area (TPSA) is 40.6 Å². The summed E-state index contributed by atoms with van der Waals surface area (Å²) in [5, 5.41) is 0. The quantitative estimate of drug-likeness (QED) is 0.851. The molecule has 0 N–H and O–H groups in total. The van der Waals surface area contributed by atoms with E-state index in [2.05, 4.69) is 6.07 Å². The summed E-state index contributed by atoms with van der Waals surface area (Å²) in [7, 11) is 0. The molecule has 4 heteroatoms. The van der Waals surface area contributed by atoms with Gasteiger partial charge in [0.2, 0.25) is 11.8 Å². The second kappa shape index (κ2) is 5.54. The fraction of sp³-hybridized carbons (Fsp3) is 0.263. The zero-order valence-corrected chi connectivity index (χ0v) is 12.8. The first-order valence-electron chi connectivity index (χ1n) is 7.91. The molecule has 0 spiro atoms. The van der Waals surface area contributed by atoms with Crippen molar-refractivity contribution in [2.24, 2.45) is 0 Å². The highest BCUT2D eigenvalue weighted by atomic mass is 16.2. The van der Waals surface area contributed by atoms with Crippen LogP contribution in [0.15, 0.2) is 54.6 Å². The molecule has 0 aromatic heterocycles. The summed E-state index contributed by atoms with van der Waals surface area (Å²) in [5.74, 6) is 0.1000. The second-order valence-electron chi connectivity index (χ2n) is 6.19. The lowest BCUT2D eigenvalue weighted by Crippen LogP contribution is -2.61. The van der Waals surface area contributed by atoms with E-state index in [1.807, 2.05) is 48.5 Å². The highest BCUT2D eigenvalue weighted by molar-refractivity contribution is 5.95. The lowest BCUT2D eigenvalue weighted by atomic mass is 9.91. The van der Waals surface area contributed by atoms with Crippen molar-refractivity contribution in [3.8, 4) is 0 Å². The Morgan fingerprint density at radius 3 is 2.35 bits per heavy atom. The summed E-state index contributed by atoms with van der Waals surface area (Å²) < 4.78 is 0. The van der Waals surface area contributed by atoms with E-state index < -0.39 is 0 Å². The minimum absolute atomic E-state index is 0.0417. The molecule has 0 aliphatic carbocycles. The molecular formula is C19H18N2O2. The average molecular weight is 306 g/mol. The Bertz CT molecular complexity index is 757. The van der Waals surface area contributed by atoms with Gasteiger partial charge in [0.1, 0.15) is 12.6 Å². The average Bonchev–Trinajstić information content (AvgIpc) is 2.59. The molecule has 2 heterocycles. The first kappa shape index (κ1) is 14.0. The van der Waals surface area contributed by atoms with Crippen LogP contribution in [0, 0.1) is 0 Å². The minimum Gasteiger partial charge on any atom is -0.327 e. The minimum atomic E-state index is -0.352. The van der Waals surface area contributed by atoms with Gasteiger partial charge < -0.3 is 9.80 Å². The molecule has 1 fully saturated rings. The van der Waals surface area contributed by atoms with Crippen LogP contribution in [0.25, 0.3) is 0 Å². The lowest BCUT2D eigenvalue weighted by molar-refractivity contribution is -0.157. The first-order valence-corrected chi connectivity index (χ1v) is 7.91. The molecule has 0 bridgehead atoms. The molecule has 1 saturated heterocycles. The van der Waals surface area contributed by atoms with Crippen molar-refractivity contribution >= 4 is 11.8 Å². The van der Waals surface area contributed by atoms with E-state index in [4.69, 9.17) is 0 Å². The highest BCUT2D eigenvalue weighted by Crippen LogP contribution is 2.27. The molecule has 0 radical (unpaired) electrons. The van der Waals surface area contributed by atoms with Crippen LogP contribution in [0.4, 0.5) is 0 Å². The predicted molar refractivity (Wildman–Crippen MR) is 86.3 cm³/mol. The summed E-state index contributed by atoms with van der Waals surface area (Å²) in [4.78, 5) is 28.8. The van der Waals surface area contributed by atoms with Crippen LogP contribution in [0.2, 0.25) is 0 Å². The van der Waals surface area contributed by atoms with E-state index >= 15 is 0 Å². The van der Waals surface area contributed by atoms with E-state index in [0.29, 0.717) is 19.5 Å². The number of rotatable bonds is 2. The van der Waals surface area contributed by atoms with Crippen molar-refractivity contribution in [3.63, 3.8) is 0 Å². The number of hydrogen-bond acceptors (Lipinski definition) is 2. The summed E-state index contributed by atoms with van der Waals surface area (Å²) in [6.45, 7) is 1.22. The Labute approximate surface area is 135 Å². The van der Waals surface area contributed by atoms with Gasteiger partial charge in [-0.2, -0.15) is 0 Å². The van der Waals surface area contributed by atoms with Crippen LogP contribution in [0.1, 0.15) is 16.7 Å². The van der Waals surface area contributed by atoms with Crippen LogP contribution in [0.5, 0.6) is 0 Å². The lowest BCUT2D eigenvalue weighted by Gasteiger charge is -2.43. The molecule has 2 aliphatic rings. The number of nitrogens with zero attached hydrogens (tertiary/aromatic N) is 2. The van der Waals surface area contributed by atoms with Gasteiger partial charge in [-0.25, -0.2) is 0 Å². The third-order valence-corrected chi connectivity index (χ3v) is 4.71. The molecule has 23 heavy (non-hydrogen) atoms. The number of fused-ring (bicyclic) bond motifs is 2. The molecular weight excluding hydrogens is 288 g/mol. The van der Waals surface area contributed by atoms with Crippen LogP contribution in [0.3, 0.4) is 0 Å². The van der Waals surface area contributed by atoms with Gasteiger partial charge in [0.05, 0.1) is 0 Å². The molecule has 116 valence electrons. The largest absolute Gasteiger partial charge is 0.327 e. The molecule has 4 nitrogen and oxygen atoms in total. The number of carbonyl (C=O) groups excluding carboxylic acids is 2. The Morgan fingerprint density at radius 2 is 1.57 bits per heavy atom. The molecule has 2 aliphatic heterocycles. The number of piperazine rings is 1. The maximum absolute atomic E-state index is 12.9. The van der Waals surface area contributed by atoms with E-state index in [1.165, 1.54) is 5.56 Å². The van der Waals surface area contributed by atoms with Gasteiger partial charge in [0.25, 0.3) is 0 Å². The molecule has 2 amide bonds. The summed E-state index contributed by atoms with van der Waals surface area (Å²) in [6, 6.07) is 17.6. The summed E-state index contributed by atoms with van der Waals surface area (Å²) >= 11 is 0. The van der Waals surface area contributed by atoms with Crippen molar-refractivity contribution in [1.29, 1.82) is 0 Å². The van der Waals surface area contributed by atoms with E-state index in [-0.39, 0.29) is 24.4 Å². The zero-order valence-electron chi connectivity index (χ0n) is 12.8. The van der Waals surface area contributed by atoms with Crippen molar-refractivity contribution in [1.82, 2.24) is 9.80 Å². The standard InChI is InChI=1S/C19H18N2O2/c22-18-13-20(11-14-6-2-1-3-7-14)19(23)17-10-15-8-4-5-9-16(15)12-21(17)18/h1-9,17H,10-13H2/t17-/m0/s1. The Kier molecular flexibility index (Phi) is 3.37. The Balaban J connectivity index is 1.59. The normalized spacial score (nSPS) is 20.3. The Morgan fingerprint density at radius 1 is 0.870 bits per heavy atom. The third-order valence-electron chi connectivity index (χ3n) is 4.71. The van der Waals surface area contributed by atoms with Crippen molar-refractivity contribution in [2.45, 2.75) is 25.6 Å². The van der Waals surface area contributed by atoms with E-state index in [1.54, 1.807) is 9.80 Å². The van der Waals surface area contributed by atoms with Gasteiger partial charge in [0.15, 0.2) is 0 Å². The molecule has 4 rings (SSSR count). The van der Waals surface area contributed by atoms with Gasteiger partial charge in [0, 0.05) is 19.5 Å². The van der Waals surface area contributed by atoms with Gasteiger partial charge >= 0.3 is 0 Å². The summed E-state index contributed by atoms with van der Waals surface area (Å²) in [6.07, 6.45) is 0.617. The number of carbonyl (C=O) groups is 2. The third kappa shape index (κ3) is 2.50. The van der Waals surface area contributed by atoms with E-state index in [9.17, 15) is 9.59 Å². The van der Waals surface area contributed by atoms with Crippen molar-refractivity contribution < 1.29 is 9.59 Å². The van der Waals surface area contributed by atoms with Gasteiger partial charge in [-0.3, -0.25) is 9.59 Å². The predicted octanol–water partition coefficient (Wildman–Crippen LogP) is 1.98. The van der Waals surface area contributed by atoms with Gasteiger partial charge in [-0.1, -0.05) is 54.6 Å². The molecule has 1 atom stereocenters. The zero-order chi connectivity index (χ0) is 15.8. The first-order chi connectivity index (χ1) is 11.2. The van der Waals surface area contributed by atoms with E-state index in [0.717, 1.165) is 11.1 Å². The fourth-order valence-corrected chi connectivity index (χ4v) is 3.49. The monoisotopic (exact) mass is 306 g/mol. The molecule has 0 unspecified atom stereocenters. The molecule has 2 aromatic carbocycles. The Hall–Kier alpha value is -2.62. The number of hydrogen-bond donors (Lipinski definition) is 0. The van der Waals surface area contributed by atoms with Crippen LogP contribution in [-0.2, 0) is 29.1 Å². The van der Waals surface area contributed by atoms with Crippen LogP contribution < -0.4 is 0 Å². The number of amides is 2.